The lowest BCUT2D eigenvalue weighted by molar-refractivity contribution is 0.242. The van der Waals surface area contributed by atoms with Crippen LogP contribution in [0.15, 0.2) is 42.7 Å². The topological polar surface area (TPSA) is 41.3 Å². The number of aliphatic hydroxyl groups is 1. The minimum absolute atomic E-state index is 0.229. The number of nitrogens with zero attached hydrogens (tertiary/aromatic N) is 3. The number of unbranched alkanes of at least 4 members (excludes halogenated alkanes) is 1. The largest absolute Gasteiger partial charge is 0.396 e. The van der Waals surface area contributed by atoms with E-state index in [-0.39, 0.29) is 6.61 Å². The highest BCUT2D eigenvalue weighted by Gasteiger charge is 2.12. The van der Waals surface area contributed by atoms with Crippen molar-refractivity contribution in [3.05, 3.63) is 64.2 Å². The van der Waals surface area contributed by atoms with E-state index in [1.165, 1.54) is 5.57 Å². The smallest absolute Gasteiger partial charge is 0.123 e. The van der Waals surface area contributed by atoms with E-state index in [2.05, 4.69) is 28.0 Å². The quantitative estimate of drug-likeness (QED) is 0.439. The van der Waals surface area contributed by atoms with E-state index in [9.17, 15) is 0 Å². The molecule has 2 rings (SSSR count). The summed E-state index contributed by atoms with van der Waals surface area (Å²) in [5.41, 5.74) is 2.25. The van der Waals surface area contributed by atoms with Crippen LogP contribution in [0.2, 0.25) is 10.0 Å². The second-order valence-electron chi connectivity index (χ2n) is 6.49. The first-order valence-electron chi connectivity index (χ1n) is 8.96. The fourth-order valence-corrected chi connectivity index (χ4v) is 3.40. The fraction of sp³-hybridized carbons (Fsp3) is 0.450. The highest BCUT2D eigenvalue weighted by atomic mass is 35.5. The second kappa shape index (κ2) is 10.7. The third-order valence-electron chi connectivity index (χ3n) is 4.27. The van der Waals surface area contributed by atoms with Gasteiger partial charge in [-0.2, -0.15) is 0 Å². The van der Waals surface area contributed by atoms with Crippen molar-refractivity contribution in [1.29, 1.82) is 0 Å². The Morgan fingerprint density at radius 3 is 2.62 bits per heavy atom. The van der Waals surface area contributed by atoms with Crippen LogP contribution in [-0.2, 0) is 13.1 Å². The minimum atomic E-state index is 0.229. The average molecular weight is 396 g/mol. The maximum atomic E-state index is 9.04. The minimum Gasteiger partial charge on any atom is -0.396 e. The molecule has 0 aliphatic carbocycles. The molecule has 0 unspecified atom stereocenters. The summed E-state index contributed by atoms with van der Waals surface area (Å²) in [5, 5.41) is 10.3. The Labute approximate surface area is 166 Å². The van der Waals surface area contributed by atoms with Gasteiger partial charge in [-0.1, -0.05) is 42.3 Å². The number of aliphatic hydroxyl groups excluding tert-OH is 1. The summed E-state index contributed by atoms with van der Waals surface area (Å²) in [7, 11) is 0. The Bertz CT molecular complexity index is 695. The molecule has 0 bridgehead atoms. The Hall–Kier alpha value is -1.33. The summed E-state index contributed by atoms with van der Waals surface area (Å²) in [5.74, 6) is 0.994. The normalized spacial score (nSPS) is 11.3. The van der Waals surface area contributed by atoms with Crippen molar-refractivity contribution < 1.29 is 5.11 Å². The Morgan fingerprint density at radius 1 is 1.23 bits per heavy atom. The van der Waals surface area contributed by atoms with Gasteiger partial charge in [-0.15, -0.1) is 0 Å². The number of hydrogen-bond donors (Lipinski definition) is 1. The number of imidazole rings is 1. The molecule has 2 aromatic rings. The number of benzene rings is 1. The average Bonchev–Trinajstić information content (AvgIpc) is 3.00. The molecular weight excluding hydrogens is 369 g/mol. The molecule has 142 valence electrons. The van der Waals surface area contributed by atoms with Crippen LogP contribution in [0, 0.1) is 0 Å². The highest BCUT2D eigenvalue weighted by molar-refractivity contribution is 6.34. The summed E-state index contributed by atoms with van der Waals surface area (Å²) < 4.78 is 2.12. The molecule has 6 heteroatoms. The third-order valence-corrected chi connectivity index (χ3v) is 4.71. The summed E-state index contributed by atoms with van der Waals surface area (Å²) in [6, 6.07) is 5.59. The van der Waals surface area contributed by atoms with Crippen molar-refractivity contribution in [2.45, 2.75) is 39.3 Å². The summed E-state index contributed by atoms with van der Waals surface area (Å²) >= 11 is 12.2. The van der Waals surface area contributed by atoms with Gasteiger partial charge in [0.25, 0.3) is 0 Å². The van der Waals surface area contributed by atoms with Gasteiger partial charge in [0.15, 0.2) is 0 Å². The van der Waals surface area contributed by atoms with Crippen molar-refractivity contribution in [2.24, 2.45) is 0 Å². The predicted molar refractivity (Wildman–Crippen MR) is 109 cm³/mol. The summed E-state index contributed by atoms with van der Waals surface area (Å²) in [6.07, 6.45) is 6.53. The van der Waals surface area contributed by atoms with E-state index >= 15 is 0 Å². The lowest BCUT2D eigenvalue weighted by Gasteiger charge is -2.23. The molecule has 0 atom stereocenters. The van der Waals surface area contributed by atoms with Crippen LogP contribution in [0.1, 0.15) is 37.6 Å². The Kier molecular flexibility index (Phi) is 8.66. The van der Waals surface area contributed by atoms with E-state index < -0.39 is 0 Å². The van der Waals surface area contributed by atoms with Crippen LogP contribution in [0.3, 0.4) is 0 Å². The van der Waals surface area contributed by atoms with Gasteiger partial charge >= 0.3 is 0 Å². The lowest BCUT2D eigenvalue weighted by Crippen LogP contribution is -2.28. The van der Waals surface area contributed by atoms with E-state index in [1.807, 2.05) is 24.5 Å². The van der Waals surface area contributed by atoms with Gasteiger partial charge in [0.1, 0.15) is 5.82 Å². The molecule has 1 aromatic carbocycles. The zero-order valence-corrected chi connectivity index (χ0v) is 16.8. The van der Waals surface area contributed by atoms with E-state index in [4.69, 9.17) is 28.3 Å². The van der Waals surface area contributed by atoms with Crippen molar-refractivity contribution in [2.75, 3.05) is 19.7 Å². The number of hydrogen-bond acceptors (Lipinski definition) is 3. The van der Waals surface area contributed by atoms with Gasteiger partial charge in [-0.25, -0.2) is 4.98 Å². The van der Waals surface area contributed by atoms with Gasteiger partial charge in [0.2, 0.25) is 0 Å². The highest BCUT2D eigenvalue weighted by Crippen LogP contribution is 2.20. The zero-order chi connectivity index (χ0) is 18.9. The molecule has 0 spiro atoms. The molecule has 1 N–H and O–H groups in total. The Morgan fingerprint density at radius 2 is 1.96 bits per heavy atom. The maximum absolute atomic E-state index is 9.04. The first-order chi connectivity index (χ1) is 12.5. The molecule has 0 aliphatic rings. The molecule has 0 amide bonds. The van der Waals surface area contributed by atoms with Crippen molar-refractivity contribution in [3.8, 4) is 0 Å². The molecule has 4 nitrogen and oxygen atoms in total. The summed E-state index contributed by atoms with van der Waals surface area (Å²) in [4.78, 5) is 6.87. The first kappa shape index (κ1) is 21.0. The standard InChI is InChI=1S/C20H27Cl2N3O/c1-3-16(2)13-24(7-4-5-9-26)15-20-23-6-8-25(20)14-17-10-18(21)12-19(22)11-17/h6,8,10-12,26H,2-5,7,9,13-15H2,1H3. The van der Waals surface area contributed by atoms with Crippen molar-refractivity contribution >= 4 is 23.2 Å². The molecular formula is C20H27Cl2N3O. The molecule has 0 saturated heterocycles. The van der Waals surface area contributed by atoms with Crippen LogP contribution in [0.25, 0.3) is 0 Å². The molecule has 0 fully saturated rings. The van der Waals surface area contributed by atoms with Crippen LogP contribution in [0.5, 0.6) is 0 Å². The van der Waals surface area contributed by atoms with Crippen LogP contribution in [-0.4, -0.2) is 39.3 Å². The number of aromatic nitrogens is 2. The maximum Gasteiger partial charge on any atom is 0.123 e. The van der Waals surface area contributed by atoms with Crippen LogP contribution >= 0.6 is 23.2 Å². The van der Waals surface area contributed by atoms with Crippen LogP contribution < -0.4 is 0 Å². The Balaban J connectivity index is 2.09. The van der Waals surface area contributed by atoms with Gasteiger partial charge in [-0.05, 0) is 49.6 Å². The van der Waals surface area contributed by atoms with E-state index in [1.54, 1.807) is 6.07 Å². The van der Waals surface area contributed by atoms with Crippen molar-refractivity contribution in [1.82, 2.24) is 14.5 Å². The van der Waals surface area contributed by atoms with E-state index in [0.717, 1.165) is 50.3 Å². The third kappa shape index (κ3) is 6.76. The second-order valence-corrected chi connectivity index (χ2v) is 7.37. The number of halogens is 2. The zero-order valence-electron chi connectivity index (χ0n) is 15.3. The van der Waals surface area contributed by atoms with Gasteiger partial charge in [0, 0.05) is 42.1 Å². The van der Waals surface area contributed by atoms with Gasteiger partial charge in [-0.3, -0.25) is 4.90 Å². The molecule has 26 heavy (non-hydrogen) atoms. The molecule has 0 aliphatic heterocycles. The fourth-order valence-electron chi connectivity index (χ4n) is 2.82. The summed E-state index contributed by atoms with van der Waals surface area (Å²) in [6.45, 7) is 9.66. The number of rotatable bonds is 11. The molecule has 0 radical (unpaired) electrons. The predicted octanol–water partition coefficient (Wildman–Crippen LogP) is 4.78. The first-order valence-corrected chi connectivity index (χ1v) is 9.72. The van der Waals surface area contributed by atoms with Gasteiger partial charge in [0.05, 0.1) is 6.54 Å². The SMILES string of the molecule is C=C(CC)CN(CCCCO)Cc1nccn1Cc1cc(Cl)cc(Cl)c1. The van der Waals surface area contributed by atoms with E-state index in [0.29, 0.717) is 16.6 Å². The monoisotopic (exact) mass is 395 g/mol. The van der Waals surface area contributed by atoms with Crippen LogP contribution in [0.4, 0.5) is 0 Å². The molecule has 0 saturated carbocycles. The molecule has 1 aromatic heterocycles. The lowest BCUT2D eigenvalue weighted by atomic mass is 10.2. The molecule has 1 heterocycles. The van der Waals surface area contributed by atoms with Gasteiger partial charge < -0.3 is 9.67 Å². The van der Waals surface area contributed by atoms with Crippen molar-refractivity contribution in [3.63, 3.8) is 0 Å².